The number of nitrogens with zero attached hydrogens (tertiary/aromatic N) is 5. The lowest BCUT2D eigenvalue weighted by atomic mass is 10.0. The summed E-state index contributed by atoms with van der Waals surface area (Å²) in [5.74, 6) is -3.59. The first kappa shape index (κ1) is 28.1. The largest absolute Gasteiger partial charge is 0.478 e. The Kier molecular flexibility index (Phi) is 7.94. The quantitative estimate of drug-likeness (QED) is 0.105. The van der Waals surface area contributed by atoms with Gasteiger partial charge in [-0.1, -0.05) is 24.6 Å². The van der Waals surface area contributed by atoms with E-state index in [-0.39, 0.29) is 35.2 Å². The second kappa shape index (κ2) is 11.6. The van der Waals surface area contributed by atoms with Crippen molar-refractivity contribution in [3.05, 3.63) is 59.1 Å². The molecule has 1 saturated heterocycles. The Morgan fingerprint density at radius 1 is 1.32 bits per heavy atom. The molecular formula is C25H26N7O7S2+. The molecule has 2 amide bonds. The molecule has 41 heavy (non-hydrogen) atoms. The highest BCUT2D eigenvalue weighted by molar-refractivity contribution is 8.00. The topological polar surface area (TPSA) is 193 Å². The van der Waals surface area contributed by atoms with Crippen LogP contribution in [0.1, 0.15) is 25.5 Å². The number of fused-ring (bicyclic) bond motifs is 2. The highest BCUT2D eigenvalue weighted by atomic mass is 32.2. The zero-order valence-corrected chi connectivity index (χ0v) is 23.3. The Bertz CT molecular complexity index is 1600. The van der Waals surface area contributed by atoms with Crippen LogP contribution < -0.4 is 15.6 Å². The van der Waals surface area contributed by atoms with Gasteiger partial charge in [-0.25, -0.2) is 23.5 Å². The van der Waals surface area contributed by atoms with Gasteiger partial charge in [-0.05, 0) is 12.5 Å². The molecule has 3 aromatic heterocycles. The van der Waals surface area contributed by atoms with Crippen molar-refractivity contribution >= 4 is 63.3 Å². The van der Waals surface area contributed by atoms with Gasteiger partial charge in [0.2, 0.25) is 6.10 Å². The number of nitrogens with two attached hydrogens (primary N) is 1. The highest BCUT2D eigenvalue weighted by Crippen LogP contribution is 2.40. The van der Waals surface area contributed by atoms with Crippen LogP contribution in [0.4, 0.5) is 5.13 Å². The number of amides is 2. The third kappa shape index (κ3) is 5.47. The van der Waals surface area contributed by atoms with Crippen molar-refractivity contribution in [2.75, 3.05) is 11.5 Å². The van der Waals surface area contributed by atoms with Gasteiger partial charge in [-0.2, -0.15) is 0 Å². The number of imidazole rings is 1. The molecule has 5 heterocycles. The predicted molar refractivity (Wildman–Crippen MR) is 148 cm³/mol. The number of carbonyl (C=O) groups excluding carboxylic acids is 2. The second-order valence-corrected chi connectivity index (χ2v) is 11.2. The van der Waals surface area contributed by atoms with Crippen molar-refractivity contribution in [2.24, 2.45) is 5.16 Å². The van der Waals surface area contributed by atoms with Gasteiger partial charge in [0.1, 0.15) is 41.7 Å². The maximum atomic E-state index is 13.3. The zero-order chi connectivity index (χ0) is 29.3. The van der Waals surface area contributed by atoms with Crippen molar-refractivity contribution in [3.63, 3.8) is 0 Å². The summed E-state index contributed by atoms with van der Waals surface area (Å²) in [6.07, 6.45) is 4.95. The summed E-state index contributed by atoms with van der Waals surface area (Å²) in [6.45, 7) is 2.04. The number of carbonyl (C=O) groups is 4. The lowest BCUT2D eigenvalue weighted by molar-refractivity contribution is -0.662. The molecule has 3 atom stereocenters. The van der Waals surface area contributed by atoms with Crippen LogP contribution in [0.2, 0.25) is 0 Å². The number of hydrogen-bond donors (Lipinski definition) is 4. The number of anilines is 1. The molecule has 2 aliphatic rings. The number of nitrogens with one attached hydrogen (secondary N) is 1. The van der Waals surface area contributed by atoms with E-state index >= 15 is 0 Å². The number of rotatable bonds is 11. The first-order valence-electron chi connectivity index (χ1n) is 12.5. The van der Waals surface area contributed by atoms with Gasteiger partial charge < -0.3 is 26.1 Å². The van der Waals surface area contributed by atoms with E-state index < -0.39 is 41.3 Å². The lowest BCUT2D eigenvalue weighted by Gasteiger charge is -2.49. The summed E-state index contributed by atoms with van der Waals surface area (Å²) < 4.78 is 3.80. The lowest BCUT2D eigenvalue weighted by Crippen LogP contribution is -2.71. The van der Waals surface area contributed by atoms with Crippen molar-refractivity contribution in [3.8, 4) is 0 Å². The number of nitrogen functional groups attached to an aromatic ring is 1. The number of aromatic nitrogens is 3. The van der Waals surface area contributed by atoms with E-state index in [0.717, 1.165) is 17.0 Å². The molecular weight excluding hydrogens is 574 g/mol. The molecule has 5 N–H and O–H groups in total. The van der Waals surface area contributed by atoms with E-state index in [2.05, 4.69) is 15.5 Å². The average Bonchev–Trinajstić information content (AvgIpc) is 3.56. The minimum absolute atomic E-state index is 0.0517. The van der Waals surface area contributed by atoms with E-state index in [1.54, 1.807) is 6.92 Å². The van der Waals surface area contributed by atoms with Gasteiger partial charge in [0.05, 0.1) is 6.20 Å². The number of hydrogen-bond acceptors (Lipinski definition) is 10. The third-order valence-corrected chi connectivity index (χ3v) is 8.56. The number of oxime groups is 1. The smallest absolute Gasteiger partial charge is 0.352 e. The molecule has 0 aliphatic carbocycles. The van der Waals surface area contributed by atoms with Gasteiger partial charge >= 0.3 is 11.9 Å². The van der Waals surface area contributed by atoms with Crippen LogP contribution in [0.3, 0.4) is 0 Å². The van der Waals surface area contributed by atoms with E-state index in [1.807, 2.05) is 45.8 Å². The zero-order valence-electron chi connectivity index (χ0n) is 21.7. The maximum absolute atomic E-state index is 13.3. The highest BCUT2D eigenvalue weighted by Gasteiger charge is 2.54. The molecule has 3 aromatic rings. The summed E-state index contributed by atoms with van der Waals surface area (Å²) >= 11 is 2.37. The Labute approximate surface area is 241 Å². The first-order valence-corrected chi connectivity index (χ1v) is 14.5. The Balaban J connectivity index is 1.36. The monoisotopic (exact) mass is 600 g/mol. The molecule has 0 aromatic carbocycles. The Hall–Kier alpha value is -4.44. The van der Waals surface area contributed by atoms with Gasteiger partial charge in [-0.3, -0.25) is 14.5 Å². The number of thiazole rings is 1. The molecule has 0 bridgehead atoms. The van der Waals surface area contributed by atoms with Crippen LogP contribution in [-0.4, -0.2) is 77.2 Å². The number of carboxylic acid groups (broad SMARTS) is 2. The Morgan fingerprint density at radius 2 is 2.12 bits per heavy atom. The van der Waals surface area contributed by atoms with E-state index in [9.17, 15) is 29.4 Å². The fraction of sp³-hybridized carbons (Fsp3) is 0.320. The van der Waals surface area contributed by atoms with Gasteiger partial charge in [0.15, 0.2) is 10.8 Å². The number of carboxylic acids is 2. The average molecular weight is 601 g/mol. The van der Waals surface area contributed by atoms with Crippen LogP contribution in [0.25, 0.3) is 5.65 Å². The SMILES string of the molecule is CCCC(O/N=C(\C(=O)N[C@@H]1C(=O)N2C(C(=O)O)=C(C[n+]3ccn4ccccc43)CS[C@H]12)c1csc(N)n1)C(=O)O. The van der Waals surface area contributed by atoms with Crippen molar-refractivity contribution in [1.29, 1.82) is 0 Å². The first-order chi connectivity index (χ1) is 19.7. The maximum Gasteiger partial charge on any atom is 0.352 e. The molecule has 1 fully saturated rings. The Morgan fingerprint density at radius 3 is 2.80 bits per heavy atom. The number of β-lactam (4-membered cyclic amide) rings is 1. The third-order valence-electron chi connectivity index (χ3n) is 6.54. The second-order valence-electron chi connectivity index (χ2n) is 9.24. The molecule has 14 nitrogen and oxygen atoms in total. The minimum atomic E-state index is -1.29. The molecule has 0 radical (unpaired) electrons. The fourth-order valence-corrected chi connectivity index (χ4v) is 6.48. The van der Waals surface area contributed by atoms with Crippen molar-refractivity contribution in [1.82, 2.24) is 19.6 Å². The summed E-state index contributed by atoms with van der Waals surface area (Å²) in [7, 11) is 0. The van der Waals surface area contributed by atoms with Crippen LogP contribution in [-0.2, 0) is 30.6 Å². The van der Waals surface area contributed by atoms with Crippen LogP contribution in [0.5, 0.6) is 0 Å². The predicted octanol–water partition coefficient (Wildman–Crippen LogP) is 0.678. The fourth-order valence-electron chi connectivity index (χ4n) is 4.60. The number of pyridine rings is 1. The van der Waals surface area contributed by atoms with Gasteiger partial charge in [0.25, 0.3) is 17.5 Å². The summed E-state index contributed by atoms with van der Waals surface area (Å²) in [6, 6.07) is 4.62. The molecule has 214 valence electrons. The van der Waals surface area contributed by atoms with Gasteiger partial charge in [0, 0.05) is 22.8 Å². The molecule has 1 unspecified atom stereocenters. The molecule has 0 saturated carbocycles. The summed E-state index contributed by atoms with van der Waals surface area (Å²) in [5, 5.41) is 26.7. The van der Waals surface area contributed by atoms with Gasteiger partial charge in [-0.15, -0.1) is 23.1 Å². The van der Waals surface area contributed by atoms with Crippen LogP contribution >= 0.6 is 23.1 Å². The molecule has 16 heteroatoms. The normalized spacial score (nSPS) is 19.5. The number of thioether (sulfide) groups is 1. The van der Waals surface area contributed by atoms with E-state index in [1.165, 1.54) is 22.0 Å². The molecule has 5 rings (SSSR count). The van der Waals surface area contributed by atoms with Crippen molar-refractivity contribution in [2.45, 2.75) is 43.8 Å². The minimum Gasteiger partial charge on any atom is -0.478 e. The standard InChI is InChI=1S/C25H25N7O7S2/c1-2-5-15(23(35)36)39-29-17(14-12-41-25(26)27-14)20(33)28-18-21(34)32-19(24(37)38)13(11-40-22(18)32)10-31-9-8-30-7-4-3-6-16(30)31/h3-4,6-9,12,15,18,22H,2,5,10-11H2,1H3,(H4-,26,27,28,33,35,36,37,38)/p+1/b29-17-/t15?,18-,22-/m1/s1. The molecule has 2 aliphatic heterocycles. The van der Waals surface area contributed by atoms with Crippen molar-refractivity contribution < 1.29 is 38.8 Å². The van der Waals surface area contributed by atoms with E-state index in [0.29, 0.717) is 17.7 Å². The summed E-state index contributed by atoms with van der Waals surface area (Å²) in [5.41, 5.74) is 6.72. The van der Waals surface area contributed by atoms with Crippen LogP contribution in [0, 0.1) is 0 Å². The molecule has 0 spiro atoms. The summed E-state index contributed by atoms with van der Waals surface area (Å²) in [4.78, 5) is 60.7. The number of aliphatic carboxylic acids is 2. The van der Waals surface area contributed by atoms with E-state index in [4.69, 9.17) is 10.6 Å². The van der Waals surface area contributed by atoms with Crippen LogP contribution in [0.15, 0.2) is 58.6 Å².